The van der Waals surface area contributed by atoms with Crippen molar-refractivity contribution in [1.29, 1.82) is 0 Å². The summed E-state index contributed by atoms with van der Waals surface area (Å²) in [4.78, 5) is 16.4. The van der Waals surface area contributed by atoms with Crippen molar-refractivity contribution in [2.24, 2.45) is 11.0 Å². The van der Waals surface area contributed by atoms with Gasteiger partial charge in [0.15, 0.2) is 0 Å². The van der Waals surface area contributed by atoms with Gasteiger partial charge in [0.2, 0.25) is 5.91 Å². The maximum atomic E-state index is 11.8. The Labute approximate surface area is 120 Å². The SMILES string of the molecule is [N-]=[N+]=NCC1CC(=O)N(CCc2ccc(Br)cc2)C1. The lowest BCUT2D eigenvalue weighted by molar-refractivity contribution is -0.127. The van der Waals surface area contributed by atoms with Gasteiger partial charge >= 0.3 is 0 Å². The molecular formula is C13H15BrN4O. The second kappa shape index (κ2) is 6.59. The van der Waals surface area contributed by atoms with Crippen LogP contribution in [0, 0.1) is 5.92 Å². The molecule has 6 heteroatoms. The van der Waals surface area contributed by atoms with Crippen LogP contribution >= 0.6 is 15.9 Å². The second-order valence-corrected chi connectivity index (χ2v) is 5.62. The van der Waals surface area contributed by atoms with E-state index in [0.717, 1.165) is 17.4 Å². The Kier molecular flexibility index (Phi) is 4.82. The first kappa shape index (κ1) is 13.9. The lowest BCUT2D eigenvalue weighted by Crippen LogP contribution is -2.27. The van der Waals surface area contributed by atoms with Crippen LogP contribution in [-0.4, -0.2) is 30.4 Å². The van der Waals surface area contributed by atoms with E-state index >= 15 is 0 Å². The topological polar surface area (TPSA) is 69.1 Å². The number of azide groups is 1. The molecule has 1 aliphatic heterocycles. The lowest BCUT2D eigenvalue weighted by Gasteiger charge is -2.16. The van der Waals surface area contributed by atoms with Crippen LogP contribution in [0.3, 0.4) is 0 Å². The molecular weight excluding hydrogens is 308 g/mol. The van der Waals surface area contributed by atoms with Gasteiger partial charge < -0.3 is 4.90 Å². The Hall–Kier alpha value is -1.52. The molecule has 100 valence electrons. The fourth-order valence-electron chi connectivity index (χ4n) is 2.26. The quantitative estimate of drug-likeness (QED) is 0.466. The van der Waals surface area contributed by atoms with E-state index in [1.165, 1.54) is 5.56 Å². The minimum absolute atomic E-state index is 0.162. The molecule has 0 saturated carbocycles. The van der Waals surface area contributed by atoms with E-state index in [1.54, 1.807) is 0 Å². The zero-order valence-electron chi connectivity index (χ0n) is 10.5. The summed E-state index contributed by atoms with van der Waals surface area (Å²) in [5, 5.41) is 3.55. The van der Waals surface area contributed by atoms with E-state index in [0.29, 0.717) is 19.5 Å². The fourth-order valence-corrected chi connectivity index (χ4v) is 2.52. The molecule has 1 aromatic carbocycles. The van der Waals surface area contributed by atoms with Crippen molar-refractivity contribution < 1.29 is 4.79 Å². The van der Waals surface area contributed by atoms with Gasteiger partial charge in [-0.2, -0.15) is 0 Å². The smallest absolute Gasteiger partial charge is 0.222 e. The van der Waals surface area contributed by atoms with E-state index in [9.17, 15) is 4.79 Å². The Balaban J connectivity index is 1.84. The van der Waals surface area contributed by atoms with Gasteiger partial charge in [-0.05, 0) is 35.6 Å². The fraction of sp³-hybridized carbons (Fsp3) is 0.462. The van der Waals surface area contributed by atoms with Crippen LogP contribution in [0.4, 0.5) is 0 Å². The molecule has 0 radical (unpaired) electrons. The van der Waals surface area contributed by atoms with Gasteiger partial charge in [0, 0.05) is 35.4 Å². The summed E-state index contributed by atoms with van der Waals surface area (Å²) < 4.78 is 1.06. The van der Waals surface area contributed by atoms with Gasteiger partial charge in [-0.25, -0.2) is 0 Å². The average molecular weight is 323 g/mol. The van der Waals surface area contributed by atoms with Crippen LogP contribution in [-0.2, 0) is 11.2 Å². The van der Waals surface area contributed by atoms with Crippen molar-refractivity contribution in [3.8, 4) is 0 Å². The van der Waals surface area contributed by atoms with E-state index in [2.05, 4.69) is 38.1 Å². The number of likely N-dealkylation sites (tertiary alicyclic amines) is 1. The van der Waals surface area contributed by atoms with Crippen molar-refractivity contribution in [3.63, 3.8) is 0 Å². The molecule has 1 heterocycles. The normalized spacial score (nSPS) is 18.5. The van der Waals surface area contributed by atoms with Crippen molar-refractivity contribution in [2.45, 2.75) is 12.8 Å². The van der Waals surface area contributed by atoms with E-state index in [-0.39, 0.29) is 11.8 Å². The largest absolute Gasteiger partial charge is 0.342 e. The molecule has 0 N–H and O–H groups in total. The van der Waals surface area contributed by atoms with Crippen LogP contribution < -0.4 is 0 Å². The first-order chi connectivity index (χ1) is 9.19. The van der Waals surface area contributed by atoms with Crippen LogP contribution in [0.15, 0.2) is 33.9 Å². The highest BCUT2D eigenvalue weighted by Gasteiger charge is 2.28. The Morgan fingerprint density at radius 1 is 1.42 bits per heavy atom. The van der Waals surface area contributed by atoms with E-state index in [1.807, 2.05) is 17.0 Å². The first-order valence-electron chi connectivity index (χ1n) is 6.22. The van der Waals surface area contributed by atoms with E-state index in [4.69, 9.17) is 5.53 Å². The highest BCUT2D eigenvalue weighted by molar-refractivity contribution is 9.10. The van der Waals surface area contributed by atoms with Gasteiger partial charge in [0.25, 0.3) is 0 Å². The van der Waals surface area contributed by atoms with Crippen LogP contribution in [0.2, 0.25) is 0 Å². The number of nitrogens with zero attached hydrogens (tertiary/aromatic N) is 4. The summed E-state index contributed by atoms with van der Waals surface area (Å²) >= 11 is 3.40. The molecule has 5 nitrogen and oxygen atoms in total. The summed E-state index contributed by atoms with van der Waals surface area (Å²) in [6.07, 6.45) is 1.35. The predicted molar refractivity (Wildman–Crippen MR) is 76.5 cm³/mol. The molecule has 0 bridgehead atoms. The number of hydrogen-bond donors (Lipinski definition) is 0. The summed E-state index contributed by atoms with van der Waals surface area (Å²) in [6, 6.07) is 8.13. The Bertz CT molecular complexity index is 496. The minimum Gasteiger partial charge on any atom is -0.342 e. The maximum Gasteiger partial charge on any atom is 0.222 e. The molecule has 0 aromatic heterocycles. The standard InChI is InChI=1S/C13H15BrN4O/c14-12-3-1-10(2-4-12)5-6-18-9-11(7-13(18)19)8-16-17-15/h1-4,11H,5-9H2. The van der Waals surface area contributed by atoms with Crippen molar-refractivity contribution in [1.82, 2.24) is 4.90 Å². The molecule has 1 aromatic rings. The number of amides is 1. The van der Waals surface area contributed by atoms with E-state index < -0.39 is 0 Å². The second-order valence-electron chi connectivity index (χ2n) is 4.70. The highest BCUT2D eigenvalue weighted by Crippen LogP contribution is 2.19. The minimum atomic E-state index is 0.162. The number of hydrogen-bond acceptors (Lipinski definition) is 2. The zero-order chi connectivity index (χ0) is 13.7. The van der Waals surface area contributed by atoms with Gasteiger partial charge in [-0.3, -0.25) is 4.79 Å². The number of halogens is 1. The molecule has 2 rings (SSSR count). The lowest BCUT2D eigenvalue weighted by atomic mass is 10.1. The van der Waals surface area contributed by atoms with Crippen LogP contribution in [0.25, 0.3) is 10.4 Å². The third-order valence-electron chi connectivity index (χ3n) is 3.28. The zero-order valence-corrected chi connectivity index (χ0v) is 12.1. The average Bonchev–Trinajstić information content (AvgIpc) is 2.76. The Morgan fingerprint density at radius 3 is 2.84 bits per heavy atom. The molecule has 1 saturated heterocycles. The highest BCUT2D eigenvalue weighted by atomic mass is 79.9. The number of benzene rings is 1. The number of carbonyl (C=O) groups is 1. The van der Waals surface area contributed by atoms with Gasteiger partial charge in [0.1, 0.15) is 0 Å². The molecule has 1 fully saturated rings. The van der Waals surface area contributed by atoms with Crippen molar-refractivity contribution in [3.05, 3.63) is 44.7 Å². The third kappa shape index (κ3) is 3.98. The Morgan fingerprint density at radius 2 is 2.16 bits per heavy atom. The number of carbonyl (C=O) groups excluding carboxylic acids is 1. The molecule has 0 spiro atoms. The summed E-state index contributed by atoms with van der Waals surface area (Å²) in [5.41, 5.74) is 9.51. The summed E-state index contributed by atoms with van der Waals surface area (Å²) in [5.74, 6) is 0.337. The summed E-state index contributed by atoms with van der Waals surface area (Å²) in [6.45, 7) is 1.85. The van der Waals surface area contributed by atoms with Crippen molar-refractivity contribution in [2.75, 3.05) is 19.6 Å². The molecule has 1 atom stereocenters. The van der Waals surface area contributed by atoms with Crippen molar-refractivity contribution >= 4 is 21.8 Å². The van der Waals surface area contributed by atoms with Crippen LogP contribution in [0.1, 0.15) is 12.0 Å². The van der Waals surface area contributed by atoms with Crippen LogP contribution in [0.5, 0.6) is 0 Å². The predicted octanol–water partition coefficient (Wildman–Crippen LogP) is 3.15. The molecule has 1 aliphatic rings. The molecule has 19 heavy (non-hydrogen) atoms. The molecule has 1 unspecified atom stereocenters. The molecule has 1 amide bonds. The molecule has 0 aliphatic carbocycles. The first-order valence-corrected chi connectivity index (χ1v) is 7.01. The van der Waals surface area contributed by atoms with Gasteiger partial charge in [-0.15, -0.1) is 0 Å². The third-order valence-corrected chi connectivity index (χ3v) is 3.81. The summed E-state index contributed by atoms with van der Waals surface area (Å²) in [7, 11) is 0. The monoisotopic (exact) mass is 322 g/mol. The maximum absolute atomic E-state index is 11.8. The van der Waals surface area contributed by atoms with Gasteiger partial charge in [-0.1, -0.05) is 33.2 Å². The number of rotatable bonds is 5. The van der Waals surface area contributed by atoms with Gasteiger partial charge in [0.05, 0.1) is 0 Å².